The smallest absolute Gasteiger partial charge is 0.195 e. The molecule has 188 valence electrons. The van der Waals surface area contributed by atoms with Crippen LogP contribution in [0.3, 0.4) is 0 Å². The Morgan fingerprint density at radius 1 is 0.972 bits per heavy atom. The quantitative estimate of drug-likeness (QED) is 0.440. The molecule has 2 aliphatic heterocycles. The van der Waals surface area contributed by atoms with Crippen LogP contribution in [0.5, 0.6) is 0 Å². The molecule has 1 N–H and O–H groups in total. The molecule has 0 radical (unpaired) electrons. The molecule has 5 heterocycles. The first kappa shape index (κ1) is 22.2. The van der Waals surface area contributed by atoms with E-state index in [1.807, 2.05) is 18.3 Å². The lowest BCUT2D eigenvalue weighted by Gasteiger charge is -2.34. The number of nitrogens with one attached hydrogen (secondary N) is 1. The number of aromatic nitrogens is 3. The van der Waals surface area contributed by atoms with Crippen LogP contribution in [0.1, 0.15) is 18.6 Å². The summed E-state index contributed by atoms with van der Waals surface area (Å²) < 4.78 is 27.1. The van der Waals surface area contributed by atoms with Crippen LogP contribution < -0.4 is 4.90 Å². The summed E-state index contributed by atoms with van der Waals surface area (Å²) in [6.45, 7) is 8.97. The normalized spacial score (nSPS) is 20.1. The van der Waals surface area contributed by atoms with E-state index in [1.54, 1.807) is 6.07 Å². The topological polar surface area (TPSA) is 73.7 Å². The number of aromatic amines is 1. The lowest BCUT2D eigenvalue weighted by molar-refractivity contribution is 0.118. The summed E-state index contributed by atoms with van der Waals surface area (Å²) in [6.07, 6.45) is 4.61. The average molecular weight is 491 g/mol. The standard InChI is InChI=1S/C27H31FN6O2/c28-21-3-4-22-20(5-6-29-22)24(21)26-30-23-15-19(17-33-9-7-32(8-10-33)16-18-1-2-18)36-25(23)27(31-26)34-11-13-35-14-12-34/h3-6,15,18,29H,1-2,7-14,16-17H2. The maximum atomic E-state index is 15.1. The number of nitrogens with zero attached hydrogens (tertiary/aromatic N) is 5. The van der Waals surface area contributed by atoms with Gasteiger partial charge in [-0.2, -0.15) is 0 Å². The highest BCUT2D eigenvalue weighted by molar-refractivity contribution is 5.96. The Labute approximate surface area is 209 Å². The van der Waals surface area contributed by atoms with Gasteiger partial charge in [0.15, 0.2) is 17.2 Å². The van der Waals surface area contributed by atoms with Gasteiger partial charge in [-0.25, -0.2) is 14.4 Å². The van der Waals surface area contributed by atoms with Crippen molar-refractivity contribution in [3.05, 3.63) is 42.0 Å². The highest BCUT2D eigenvalue weighted by Gasteiger charge is 2.27. The minimum absolute atomic E-state index is 0.331. The fourth-order valence-electron chi connectivity index (χ4n) is 5.49. The second-order valence-electron chi connectivity index (χ2n) is 10.3. The highest BCUT2D eigenvalue weighted by Crippen LogP contribution is 2.35. The van der Waals surface area contributed by atoms with Gasteiger partial charge < -0.3 is 23.9 Å². The lowest BCUT2D eigenvalue weighted by atomic mass is 10.1. The van der Waals surface area contributed by atoms with E-state index in [4.69, 9.17) is 19.1 Å². The van der Waals surface area contributed by atoms with Crippen molar-refractivity contribution in [1.29, 1.82) is 0 Å². The molecule has 1 aliphatic carbocycles. The number of fused-ring (bicyclic) bond motifs is 2. The number of anilines is 1. The third-order valence-electron chi connectivity index (χ3n) is 7.68. The molecule has 8 nitrogen and oxygen atoms in total. The van der Waals surface area contributed by atoms with Crippen molar-refractivity contribution in [2.45, 2.75) is 19.4 Å². The predicted molar refractivity (Wildman–Crippen MR) is 137 cm³/mol. The molecule has 1 aromatic carbocycles. The highest BCUT2D eigenvalue weighted by atomic mass is 19.1. The van der Waals surface area contributed by atoms with E-state index < -0.39 is 0 Å². The summed E-state index contributed by atoms with van der Waals surface area (Å²) in [5.74, 6) is 2.57. The van der Waals surface area contributed by atoms with Crippen molar-refractivity contribution in [2.24, 2.45) is 5.92 Å². The number of benzene rings is 1. The number of hydrogen-bond acceptors (Lipinski definition) is 7. The first-order valence-corrected chi connectivity index (χ1v) is 13.0. The molecular formula is C27H31FN6O2. The first-order valence-electron chi connectivity index (χ1n) is 13.0. The predicted octanol–water partition coefficient (Wildman–Crippen LogP) is 3.87. The van der Waals surface area contributed by atoms with E-state index in [0.717, 1.165) is 60.8 Å². The van der Waals surface area contributed by atoms with Crippen LogP contribution in [0.4, 0.5) is 10.2 Å². The number of furan rings is 1. The average Bonchev–Trinajstić information content (AvgIpc) is 3.42. The van der Waals surface area contributed by atoms with Crippen molar-refractivity contribution in [3.63, 3.8) is 0 Å². The van der Waals surface area contributed by atoms with E-state index >= 15 is 4.39 Å². The Morgan fingerprint density at radius 2 is 1.78 bits per heavy atom. The zero-order chi connectivity index (χ0) is 24.1. The number of halogens is 1. The number of hydrogen-bond donors (Lipinski definition) is 1. The Kier molecular flexibility index (Phi) is 5.64. The molecule has 0 amide bonds. The van der Waals surface area contributed by atoms with Gasteiger partial charge in [0.1, 0.15) is 17.1 Å². The van der Waals surface area contributed by atoms with Crippen molar-refractivity contribution >= 4 is 27.8 Å². The van der Waals surface area contributed by atoms with Crippen LogP contribution >= 0.6 is 0 Å². The Hall–Kier alpha value is -3.01. The van der Waals surface area contributed by atoms with Gasteiger partial charge in [0.25, 0.3) is 0 Å². The summed E-state index contributed by atoms with van der Waals surface area (Å²) in [4.78, 5) is 20.1. The monoisotopic (exact) mass is 490 g/mol. The van der Waals surface area contributed by atoms with Gasteiger partial charge in [-0.1, -0.05) is 0 Å². The SMILES string of the molecule is Fc1ccc2[nH]ccc2c1-c1nc(N2CCOCC2)c2oc(CN3CCN(CC4CC4)CC3)cc2n1. The van der Waals surface area contributed by atoms with Crippen LogP contribution in [0.25, 0.3) is 33.4 Å². The first-order chi connectivity index (χ1) is 17.7. The van der Waals surface area contributed by atoms with Crippen LogP contribution in [0.15, 0.2) is 34.9 Å². The van der Waals surface area contributed by atoms with Crippen LogP contribution in [0.2, 0.25) is 0 Å². The van der Waals surface area contributed by atoms with E-state index in [1.165, 1.54) is 25.5 Å². The summed E-state index contributed by atoms with van der Waals surface area (Å²) in [7, 11) is 0. The van der Waals surface area contributed by atoms with Gasteiger partial charge in [-0.3, -0.25) is 4.90 Å². The molecule has 4 aromatic rings. The van der Waals surface area contributed by atoms with E-state index in [9.17, 15) is 0 Å². The minimum Gasteiger partial charge on any atom is -0.454 e. The Morgan fingerprint density at radius 3 is 2.58 bits per heavy atom. The number of ether oxygens (including phenoxy) is 1. The van der Waals surface area contributed by atoms with Crippen molar-refractivity contribution < 1.29 is 13.5 Å². The third kappa shape index (κ3) is 4.25. The van der Waals surface area contributed by atoms with Crippen molar-refractivity contribution in [3.8, 4) is 11.4 Å². The molecule has 0 unspecified atom stereocenters. The maximum Gasteiger partial charge on any atom is 0.195 e. The van der Waals surface area contributed by atoms with Crippen molar-refractivity contribution in [1.82, 2.24) is 24.8 Å². The van der Waals surface area contributed by atoms with E-state index in [-0.39, 0.29) is 5.82 Å². The summed E-state index contributed by atoms with van der Waals surface area (Å²) >= 11 is 0. The number of rotatable bonds is 6. The molecule has 3 aliphatic rings. The fraction of sp³-hybridized carbons (Fsp3) is 0.481. The number of piperazine rings is 1. The molecule has 3 fully saturated rings. The number of H-pyrrole nitrogens is 1. The van der Waals surface area contributed by atoms with E-state index in [2.05, 4.69) is 19.7 Å². The zero-order valence-corrected chi connectivity index (χ0v) is 20.4. The fourth-order valence-corrected chi connectivity index (χ4v) is 5.49. The third-order valence-corrected chi connectivity index (χ3v) is 7.68. The second-order valence-corrected chi connectivity index (χ2v) is 10.3. The molecule has 0 bridgehead atoms. The largest absolute Gasteiger partial charge is 0.454 e. The molecule has 7 rings (SSSR count). The van der Waals surface area contributed by atoms with Gasteiger partial charge in [-0.05, 0) is 37.0 Å². The van der Waals surface area contributed by atoms with Gasteiger partial charge in [0.05, 0.1) is 25.3 Å². The Bertz CT molecular complexity index is 1380. The Balaban J connectivity index is 1.23. The maximum absolute atomic E-state index is 15.1. The molecular weight excluding hydrogens is 459 g/mol. The molecule has 1 saturated carbocycles. The zero-order valence-electron chi connectivity index (χ0n) is 20.4. The molecule has 2 saturated heterocycles. The molecule has 0 spiro atoms. The van der Waals surface area contributed by atoms with E-state index in [0.29, 0.717) is 49.1 Å². The molecule has 0 atom stereocenters. The van der Waals surface area contributed by atoms with Crippen LogP contribution in [0, 0.1) is 11.7 Å². The summed E-state index contributed by atoms with van der Waals surface area (Å²) in [5.41, 5.74) is 2.66. The van der Waals surface area contributed by atoms with Crippen LogP contribution in [-0.2, 0) is 11.3 Å². The van der Waals surface area contributed by atoms with Gasteiger partial charge in [0, 0.05) is 69.0 Å². The lowest BCUT2D eigenvalue weighted by Crippen LogP contribution is -2.46. The van der Waals surface area contributed by atoms with Crippen LogP contribution in [-0.4, -0.2) is 83.8 Å². The minimum atomic E-state index is -0.331. The van der Waals surface area contributed by atoms with Gasteiger partial charge in [-0.15, -0.1) is 0 Å². The summed E-state index contributed by atoms with van der Waals surface area (Å²) in [6, 6.07) is 7.10. The summed E-state index contributed by atoms with van der Waals surface area (Å²) in [5, 5.41) is 0.773. The number of morpholine rings is 1. The van der Waals surface area contributed by atoms with Gasteiger partial charge in [0.2, 0.25) is 0 Å². The van der Waals surface area contributed by atoms with Crippen molar-refractivity contribution in [2.75, 3.05) is 63.9 Å². The second kappa shape index (κ2) is 9.14. The molecule has 9 heteroatoms. The molecule has 3 aromatic heterocycles. The van der Waals surface area contributed by atoms with Gasteiger partial charge >= 0.3 is 0 Å². The molecule has 36 heavy (non-hydrogen) atoms.